The number of hydrogen-bond acceptors (Lipinski definition) is 8. The molecule has 0 aromatic heterocycles. The molecule has 0 radical (unpaired) electrons. The van der Waals surface area contributed by atoms with Crippen molar-refractivity contribution in [2.45, 2.75) is 64.2 Å². The zero-order chi connectivity index (χ0) is 26.2. The number of hydrogen-bond donors (Lipinski definition) is 4. The Hall–Kier alpha value is -3.44. The molecule has 4 N–H and O–H groups in total. The van der Waals surface area contributed by atoms with Crippen molar-refractivity contribution < 1.29 is 38.2 Å². The first-order valence-corrected chi connectivity index (χ1v) is 12.5. The van der Waals surface area contributed by atoms with Crippen LogP contribution in [0.15, 0.2) is 12.2 Å². The summed E-state index contributed by atoms with van der Waals surface area (Å²) in [5, 5.41) is 9.78. The molecule has 0 saturated heterocycles. The molecule has 12 heteroatoms. The van der Waals surface area contributed by atoms with Crippen molar-refractivity contribution in [2.75, 3.05) is 26.6 Å². The Morgan fingerprint density at radius 2 is 0.917 bits per heavy atom. The Bertz CT molecular complexity index is 751. The standard InChI is InChI=1S/C24H36N4O8/c29-19(13-25-23(33)17-7-3-1-4-8-17)27-15-35-21(31)11-12-22(32)36-16-28-20(30)14-26-24(34)18-9-5-2-6-10-18/h11-12,17-18H,1-10,13-16H2,(H,25,33)(H,26,34)(H,27,29)(H,28,30)/b12-11+. The maximum atomic E-state index is 12.0. The van der Waals surface area contributed by atoms with E-state index < -0.39 is 37.2 Å². The predicted molar refractivity (Wildman–Crippen MR) is 127 cm³/mol. The Balaban J connectivity index is 1.49. The molecule has 4 amide bonds. The quantitative estimate of drug-likeness (QED) is 0.164. The minimum absolute atomic E-state index is 0.0605. The molecule has 2 fully saturated rings. The van der Waals surface area contributed by atoms with Crippen molar-refractivity contribution in [1.29, 1.82) is 0 Å². The van der Waals surface area contributed by atoms with Gasteiger partial charge in [-0.3, -0.25) is 19.2 Å². The van der Waals surface area contributed by atoms with E-state index >= 15 is 0 Å². The summed E-state index contributed by atoms with van der Waals surface area (Å²) in [7, 11) is 0. The van der Waals surface area contributed by atoms with E-state index in [9.17, 15) is 28.8 Å². The van der Waals surface area contributed by atoms with E-state index in [4.69, 9.17) is 9.47 Å². The van der Waals surface area contributed by atoms with Gasteiger partial charge < -0.3 is 30.7 Å². The van der Waals surface area contributed by atoms with E-state index in [1.807, 2.05) is 0 Å². The molecule has 36 heavy (non-hydrogen) atoms. The number of carbonyl (C=O) groups excluding carboxylic acids is 6. The van der Waals surface area contributed by atoms with Gasteiger partial charge in [0.25, 0.3) is 0 Å². The summed E-state index contributed by atoms with van der Waals surface area (Å²) in [4.78, 5) is 70.7. The molecule has 0 aliphatic heterocycles. The van der Waals surface area contributed by atoms with Crippen molar-refractivity contribution in [3.63, 3.8) is 0 Å². The van der Waals surface area contributed by atoms with E-state index in [0.29, 0.717) is 0 Å². The lowest BCUT2D eigenvalue weighted by Gasteiger charge is -2.20. The molecule has 2 rings (SSSR count). The topological polar surface area (TPSA) is 169 Å². The molecule has 0 unspecified atom stereocenters. The number of amides is 4. The van der Waals surface area contributed by atoms with Crippen LogP contribution in [0.3, 0.4) is 0 Å². The van der Waals surface area contributed by atoms with Crippen LogP contribution in [-0.2, 0) is 38.2 Å². The molecule has 0 spiro atoms. The van der Waals surface area contributed by atoms with Gasteiger partial charge in [-0.15, -0.1) is 0 Å². The second-order valence-electron chi connectivity index (χ2n) is 8.85. The van der Waals surface area contributed by atoms with Gasteiger partial charge in [-0.05, 0) is 25.7 Å². The summed E-state index contributed by atoms with van der Waals surface area (Å²) in [6, 6.07) is 0. The van der Waals surface area contributed by atoms with E-state index in [1.54, 1.807) is 0 Å². The van der Waals surface area contributed by atoms with E-state index in [1.165, 1.54) is 0 Å². The molecule has 0 heterocycles. The Labute approximate surface area is 210 Å². The third-order valence-electron chi connectivity index (χ3n) is 6.12. The minimum atomic E-state index is -0.895. The highest BCUT2D eigenvalue weighted by Gasteiger charge is 2.22. The lowest BCUT2D eigenvalue weighted by atomic mass is 9.89. The van der Waals surface area contributed by atoms with Gasteiger partial charge in [0.05, 0.1) is 13.1 Å². The highest BCUT2D eigenvalue weighted by molar-refractivity contribution is 5.92. The molecule has 2 aliphatic carbocycles. The number of carbonyl (C=O) groups is 6. The van der Waals surface area contributed by atoms with Gasteiger partial charge in [0.15, 0.2) is 13.5 Å². The van der Waals surface area contributed by atoms with Crippen LogP contribution in [0.1, 0.15) is 64.2 Å². The van der Waals surface area contributed by atoms with Crippen molar-refractivity contribution in [3.05, 3.63) is 12.2 Å². The Morgan fingerprint density at radius 3 is 1.28 bits per heavy atom. The summed E-state index contributed by atoms with van der Waals surface area (Å²) in [5.74, 6) is -3.24. The Kier molecular flexibility index (Phi) is 13.0. The van der Waals surface area contributed by atoms with Crippen LogP contribution in [-0.4, -0.2) is 62.1 Å². The predicted octanol–water partition coefficient (Wildman–Crippen LogP) is 0.169. The maximum Gasteiger partial charge on any atom is 0.332 e. The van der Waals surface area contributed by atoms with Crippen LogP contribution in [0.5, 0.6) is 0 Å². The first-order valence-electron chi connectivity index (χ1n) is 12.5. The third kappa shape index (κ3) is 11.8. The molecular weight excluding hydrogens is 472 g/mol. The van der Waals surface area contributed by atoms with Gasteiger partial charge >= 0.3 is 11.9 Å². The molecule has 2 saturated carbocycles. The summed E-state index contributed by atoms with van der Waals surface area (Å²) < 4.78 is 9.49. The summed E-state index contributed by atoms with van der Waals surface area (Å²) >= 11 is 0. The fraction of sp³-hybridized carbons (Fsp3) is 0.667. The molecule has 0 bridgehead atoms. The highest BCUT2D eigenvalue weighted by Crippen LogP contribution is 2.24. The summed E-state index contributed by atoms with van der Waals surface area (Å²) in [6.45, 7) is -1.30. The van der Waals surface area contributed by atoms with E-state index in [0.717, 1.165) is 76.4 Å². The highest BCUT2D eigenvalue weighted by atomic mass is 16.5. The van der Waals surface area contributed by atoms with Crippen LogP contribution < -0.4 is 21.3 Å². The van der Waals surface area contributed by atoms with Crippen LogP contribution in [0.2, 0.25) is 0 Å². The largest absolute Gasteiger partial charge is 0.441 e. The second-order valence-corrected chi connectivity index (χ2v) is 8.85. The average molecular weight is 509 g/mol. The normalized spacial score (nSPS) is 16.6. The average Bonchev–Trinajstić information content (AvgIpc) is 2.90. The molecule has 0 atom stereocenters. The first-order chi connectivity index (χ1) is 17.3. The van der Waals surface area contributed by atoms with Crippen LogP contribution in [0.25, 0.3) is 0 Å². The van der Waals surface area contributed by atoms with Crippen molar-refractivity contribution in [1.82, 2.24) is 21.3 Å². The molecule has 2 aliphatic rings. The number of nitrogens with one attached hydrogen (secondary N) is 4. The zero-order valence-electron chi connectivity index (χ0n) is 20.5. The van der Waals surface area contributed by atoms with Gasteiger partial charge in [-0.2, -0.15) is 0 Å². The Morgan fingerprint density at radius 1 is 0.556 bits per heavy atom. The number of ether oxygens (including phenoxy) is 2. The van der Waals surface area contributed by atoms with Crippen LogP contribution in [0.4, 0.5) is 0 Å². The molecule has 0 aromatic rings. The molecule has 12 nitrogen and oxygen atoms in total. The third-order valence-corrected chi connectivity index (χ3v) is 6.12. The number of esters is 2. The van der Waals surface area contributed by atoms with Gasteiger partial charge in [0.2, 0.25) is 23.6 Å². The summed E-state index contributed by atoms with van der Waals surface area (Å²) in [6.07, 6.45) is 11.2. The zero-order valence-corrected chi connectivity index (χ0v) is 20.5. The van der Waals surface area contributed by atoms with Gasteiger partial charge in [-0.1, -0.05) is 38.5 Å². The maximum absolute atomic E-state index is 12.0. The van der Waals surface area contributed by atoms with Crippen molar-refractivity contribution >= 4 is 35.6 Å². The van der Waals surface area contributed by atoms with Crippen LogP contribution >= 0.6 is 0 Å². The monoisotopic (exact) mass is 508 g/mol. The SMILES string of the molecule is O=C(CNC(=O)C1CCCCC1)NCOC(=O)/C=C/C(=O)OCNC(=O)CNC(=O)C1CCCCC1. The fourth-order valence-electron chi connectivity index (χ4n) is 4.09. The number of rotatable bonds is 12. The van der Waals surface area contributed by atoms with Crippen molar-refractivity contribution in [2.24, 2.45) is 11.8 Å². The van der Waals surface area contributed by atoms with Gasteiger partial charge in [0, 0.05) is 24.0 Å². The lowest BCUT2D eigenvalue weighted by molar-refractivity contribution is -0.143. The molecule has 200 valence electrons. The molecule has 0 aromatic carbocycles. The summed E-state index contributed by atoms with van der Waals surface area (Å²) in [5.41, 5.74) is 0. The fourth-order valence-corrected chi connectivity index (χ4v) is 4.09. The van der Waals surface area contributed by atoms with E-state index in [2.05, 4.69) is 21.3 Å². The lowest BCUT2D eigenvalue weighted by Crippen LogP contribution is -2.41. The smallest absolute Gasteiger partial charge is 0.332 e. The minimum Gasteiger partial charge on any atom is -0.441 e. The molecular formula is C24H36N4O8. The van der Waals surface area contributed by atoms with Crippen LogP contribution in [0, 0.1) is 11.8 Å². The second kappa shape index (κ2) is 16.3. The first kappa shape index (κ1) is 28.8. The van der Waals surface area contributed by atoms with Gasteiger partial charge in [0.1, 0.15) is 0 Å². The van der Waals surface area contributed by atoms with Crippen molar-refractivity contribution in [3.8, 4) is 0 Å². The van der Waals surface area contributed by atoms with Gasteiger partial charge in [-0.25, -0.2) is 9.59 Å². The van der Waals surface area contributed by atoms with E-state index in [-0.39, 0.29) is 36.7 Å².